The van der Waals surface area contributed by atoms with Crippen LogP contribution in [0.5, 0.6) is 0 Å². The number of amides is 2. The lowest BCUT2D eigenvalue weighted by molar-refractivity contribution is -0.118. The molecule has 4 aromatic carbocycles. The summed E-state index contributed by atoms with van der Waals surface area (Å²) in [6, 6.07) is 35.6. The van der Waals surface area contributed by atoms with Gasteiger partial charge in [0.2, 0.25) is 5.91 Å². The first kappa shape index (κ1) is 32.1. The quantitative estimate of drug-likeness (QED) is 0.158. The fourth-order valence-corrected chi connectivity index (χ4v) is 7.30. The number of piperazine rings is 1. The van der Waals surface area contributed by atoms with Gasteiger partial charge in [0.05, 0.1) is 45.8 Å². The molecule has 0 atom stereocenters. The topological polar surface area (TPSA) is 85.5 Å². The van der Waals surface area contributed by atoms with E-state index in [0.29, 0.717) is 54.0 Å². The summed E-state index contributed by atoms with van der Waals surface area (Å²) in [5.41, 5.74) is 5.37. The Labute approximate surface area is 294 Å². The number of nitriles is 1. The van der Waals surface area contributed by atoms with Gasteiger partial charge in [-0.2, -0.15) is 5.26 Å². The van der Waals surface area contributed by atoms with Crippen LogP contribution in [0.15, 0.2) is 116 Å². The van der Waals surface area contributed by atoms with E-state index in [1.807, 2.05) is 75.0 Å². The molecule has 244 valence electrons. The second-order valence-corrected chi connectivity index (χ2v) is 13.7. The van der Waals surface area contributed by atoms with Crippen molar-refractivity contribution in [1.29, 1.82) is 5.26 Å². The fourth-order valence-electron chi connectivity index (χ4n) is 6.29. The molecule has 1 aliphatic heterocycles. The van der Waals surface area contributed by atoms with Crippen LogP contribution in [0, 0.1) is 11.3 Å². The van der Waals surface area contributed by atoms with E-state index in [2.05, 4.69) is 46.3 Å². The molecule has 0 aliphatic carbocycles. The summed E-state index contributed by atoms with van der Waals surface area (Å²) in [6.45, 7) is 3.57. The van der Waals surface area contributed by atoms with E-state index in [1.165, 1.54) is 11.3 Å². The number of nitrogens with zero attached hydrogens (tertiary/aromatic N) is 6. The Morgan fingerprint density at radius 2 is 1.63 bits per heavy atom. The van der Waals surface area contributed by atoms with Crippen molar-refractivity contribution in [2.45, 2.75) is 19.5 Å². The molecule has 0 saturated carbocycles. The van der Waals surface area contributed by atoms with Crippen molar-refractivity contribution in [1.82, 2.24) is 14.5 Å². The van der Waals surface area contributed by atoms with Gasteiger partial charge < -0.3 is 19.3 Å². The maximum absolute atomic E-state index is 14.2. The molecule has 1 fully saturated rings. The maximum atomic E-state index is 14.2. The van der Waals surface area contributed by atoms with Crippen LogP contribution >= 0.6 is 22.9 Å². The number of carbonyl (C=O) groups excluding carboxylic acids is 2. The summed E-state index contributed by atoms with van der Waals surface area (Å²) in [6.07, 6.45) is 3.83. The average Bonchev–Trinajstić information content (AvgIpc) is 3.79. The van der Waals surface area contributed by atoms with Gasteiger partial charge in [-0.3, -0.25) is 9.59 Å². The van der Waals surface area contributed by atoms with Gasteiger partial charge >= 0.3 is 0 Å². The number of benzene rings is 4. The maximum Gasteiger partial charge on any atom is 0.264 e. The predicted molar refractivity (Wildman–Crippen MR) is 195 cm³/mol. The molecule has 1 saturated heterocycles. The summed E-state index contributed by atoms with van der Waals surface area (Å²) < 4.78 is 2.65. The number of halogens is 1. The molecule has 2 amide bonds. The van der Waals surface area contributed by atoms with E-state index in [9.17, 15) is 14.9 Å². The number of imidazole rings is 1. The van der Waals surface area contributed by atoms with Crippen LogP contribution < -0.4 is 9.80 Å². The summed E-state index contributed by atoms with van der Waals surface area (Å²) in [7, 11) is 0. The molecule has 10 heteroatoms. The van der Waals surface area contributed by atoms with Gasteiger partial charge in [-0.1, -0.05) is 66.2 Å². The van der Waals surface area contributed by atoms with Gasteiger partial charge in [-0.15, -0.1) is 11.3 Å². The van der Waals surface area contributed by atoms with Crippen LogP contribution in [-0.2, 0) is 24.3 Å². The molecule has 0 unspecified atom stereocenters. The van der Waals surface area contributed by atoms with Crippen molar-refractivity contribution in [3.63, 3.8) is 0 Å². The highest BCUT2D eigenvalue weighted by atomic mass is 35.5. The SMILES string of the molecule is N#Cc1ccc(Cn2cncc2CN(C(=O)Cc2cccc3ccccc23)c2ccc(N3CCN(C(=O)c4ccc(Cl)s4)CC3)cc2)cc1. The first-order chi connectivity index (χ1) is 23.9. The Morgan fingerprint density at radius 1 is 0.878 bits per heavy atom. The van der Waals surface area contributed by atoms with Crippen molar-refractivity contribution >= 4 is 56.9 Å². The molecule has 0 spiro atoms. The third kappa shape index (κ3) is 7.21. The first-order valence-corrected chi connectivity index (χ1v) is 17.3. The largest absolute Gasteiger partial charge is 0.368 e. The van der Waals surface area contributed by atoms with Gasteiger partial charge in [0.15, 0.2) is 0 Å². The molecule has 0 N–H and O–H groups in total. The Balaban J connectivity index is 1.11. The Morgan fingerprint density at radius 3 is 2.37 bits per heavy atom. The lowest BCUT2D eigenvalue weighted by Gasteiger charge is -2.36. The van der Waals surface area contributed by atoms with Gasteiger partial charge in [-0.05, 0) is 70.4 Å². The highest BCUT2D eigenvalue weighted by molar-refractivity contribution is 7.18. The predicted octanol–water partition coefficient (Wildman–Crippen LogP) is 7.41. The van der Waals surface area contributed by atoms with Crippen molar-refractivity contribution in [2.75, 3.05) is 36.0 Å². The minimum absolute atomic E-state index is 0.0176. The van der Waals surface area contributed by atoms with Crippen molar-refractivity contribution in [3.8, 4) is 6.07 Å². The van der Waals surface area contributed by atoms with E-state index < -0.39 is 0 Å². The highest BCUT2D eigenvalue weighted by Crippen LogP contribution is 2.27. The van der Waals surface area contributed by atoms with E-state index in [0.717, 1.165) is 39.0 Å². The Bertz CT molecular complexity index is 2140. The lowest BCUT2D eigenvalue weighted by atomic mass is 10.0. The number of hydrogen-bond acceptors (Lipinski definition) is 6. The minimum atomic E-state index is -0.0176. The molecule has 6 aromatic rings. The van der Waals surface area contributed by atoms with E-state index in [4.69, 9.17) is 11.6 Å². The number of carbonyl (C=O) groups is 2. The molecule has 49 heavy (non-hydrogen) atoms. The second kappa shape index (κ2) is 14.4. The standard InChI is InChI=1S/C39H33ClN6O2S/c40-37-17-16-36(49-37)39(48)44-20-18-43(19-21-44)32-12-14-33(15-13-32)46(38(47)22-31-6-3-5-30-4-1-2-7-35(30)31)26-34-24-42-27-45(34)25-29-10-8-28(23-41)9-11-29/h1-17,24,27H,18-22,25-26H2. The number of rotatable bonds is 9. The molecular weight excluding hydrogens is 652 g/mol. The third-order valence-electron chi connectivity index (χ3n) is 8.95. The summed E-state index contributed by atoms with van der Waals surface area (Å²) in [5, 5.41) is 11.4. The third-order valence-corrected chi connectivity index (χ3v) is 10.2. The molecule has 1 aliphatic rings. The van der Waals surface area contributed by atoms with Crippen LogP contribution in [0.2, 0.25) is 4.34 Å². The van der Waals surface area contributed by atoms with Crippen LogP contribution in [0.3, 0.4) is 0 Å². The van der Waals surface area contributed by atoms with Crippen LogP contribution in [0.4, 0.5) is 11.4 Å². The highest BCUT2D eigenvalue weighted by Gasteiger charge is 2.24. The molecule has 7 rings (SSSR count). The molecule has 0 bridgehead atoms. The van der Waals surface area contributed by atoms with Gasteiger partial charge in [-0.25, -0.2) is 4.98 Å². The Kier molecular flexibility index (Phi) is 9.42. The van der Waals surface area contributed by atoms with Crippen LogP contribution in [-0.4, -0.2) is 52.4 Å². The normalized spacial score (nSPS) is 13.0. The van der Waals surface area contributed by atoms with Gasteiger partial charge in [0.1, 0.15) is 0 Å². The summed E-state index contributed by atoms with van der Waals surface area (Å²) >= 11 is 7.37. The van der Waals surface area contributed by atoms with E-state index in [1.54, 1.807) is 24.7 Å². The van der Waals surface area contributed by atoms with Crippen LogP contribution in [0.1, 0.15) is 32.1 Å². The summed E-state index contributed by atoms with van der Waals surface area (Å²) in [5.74, 6) is 0.00158. The van der Waals surface area contributed by atoms with Crippen LogP contribution in [0.25, 0.3) is 10.8 Å². The van der Waals surface area contributed by atoms with E-state index in [-0.39, 0.29) is 18.2 Å². The monoisotopic (exact) mass is 684 g/mol. The smallest absolute Gasteiger partial charge is 0.264 e. The van der Waals surface area contributed by atoms with E-state index >= 15 is 0 Å². The van der Waals surface area contributed by atoms with Crippen molar-refractivity contribution in [2.24, 2.45) is 0 Å². The number of anilines is 2. The number of aromatic nitrogens is 2. The lowest BCUT2D eigenvalue weighted by Crippen LogP contribution is -2.48. The average molecular weight is 685 g/mol. The summed E-state index contributed by atoms with van der Waals surface area (Å²) in [4.78, 5) is 38.2. The zero-order chi connectivity index (χ0) is 33.7. The zero-order valence-corrected chi connectivity index (χ0v) is 28.3. The molecule has 2 aromatic heterocycles. The number of hydrogen-bond donors (Lipinski definition) is 0. The Hall–Kier alpha value is -5.43. The molecular formula is C39H33ClN6O2S. The molecule has 8 nitrogen and oxygen atoms in total. The first-order valence-electron chi connectivity index (χ1n) is 16.1. The number of thiophene rings is 1. The van der Waals surface area contributed by atoms with Crippen molar-refractivity contribution in [3.05, 3.63) is 147 Å². The fraction of sp³-hybridized carbons (Fsp3) is 0.179. The molecule has 0 radical (unpaired) electrons. The van der Waals surface area contributed by atoms with Gasteiger partial charge in [0, 0.05) is 50.3 Å². The minimum Gasteiger partial charge on any atom is -0.368 e. The molecule has 3 heterocycles. The second-order valence-electron chi connectivity index (χ2n) is 12.0. The van der Waals surface area contributed by atoms with Gasteiger partial charge in [0.25, 0.3) is 5.91 Å². The zero-order valence-electron chi connectivity index (χ0n) is 26.7. The van der Waals surface area contributed by atoms with Crippen molar-refractivity contribution < 1.29 is 9.59 Å². The number of fused-ring (bicyclic) bond motifs is 1.